The number of amides is 1. The van der Waals surface area contributed by atoms with E-state index in [1.807, 2.05) is 13.8 Å². The summed E-state index contributed by atoms with van der Waals surface area (Å²) in [4.78, 5) is 22.7. The second-order valence-corrected chi connectivity index (χ2v) is 4.38. The van der Waals surface area contributed by atoms with Crippen LogP contribution in [0.25, 0.3) is 0 Å². The highest BCUT2D eigenvalue weighted by molar-refractivity contribution is 6.03. The standard InChI is InChI=1S/C14H21N3O3/c1-5-11-13(12(6-2)17-16-11)15-14(19)9(3)7-8-20-10(4)18/h3,5-8H2,1-2,4H3,(H,15,19)(H,16,17). The van der Waals surface area contributed by atoms with Gasteiger partial charge in [-0.2, -0.15) is 5.10 Å². The van der Waals surface area contributed by atoms with Crippen LogP contribution in [0.1, 0.15) is 38.6 Å². The van der Waals surface area contributed by atoms with E-state index >= 15 is 0 Å². The van der Waals surface area contributed by atoms with Gasteiger partial charge in [0.05, 0.1) is 23.7 Å². The molecular weight excluding hydrogens is 258 g/mol. The van der Waals surface area contributed by atoms with E-state index in [9.17, 15) is 9.59 Å². The van der Waals surface area contributed by atoms with Crippen molar-refractivity contribution < 1.29 is 14.3 Å². The van der Waals surface area contributed by atoms with Crippen LogP contribution in [0.3, 0.4) is 0 Å². The van der Waals surface area contributed by atoms with E-state index in [0.717, 1.165) is 29.9 Å². The van der Waals surface area contributed by atoms with Crippen LogP contribution in [-0.4, -0.2) is 28.7 Å². The molecule has 0 spiro atoms. The van der Waals surface area contributed by atoms with E-state index in [1.165, 1.54) is 6.92 Å². The molecule has 0 aliphatic rings. The maximum atomic E-state index is 12.0. The molecule has 110 valence electrons. The summed E-state index contributed by atoms with van der Waals surface area (Å²) in [7, 11) is 0. The number of aryl methyl sites for hydroxylation is 2. The van der Waals surface area contributed by atoms with Crippen LogP contribution in [0.2, 0.25) is 0 Å². The monoisotopic (exact) mass is 279 g/mol. The van der Waals surface area contributed by atoms with Crippen LogP contribution in [-0.2, 0) is 27.2 Å². The van der Waals surface area contributed by atoms with Crippen molar-refractivity contribution in [2.24, 2.45) is 0 Å². The van der Waals surface area contributed by atoms with Gasteiger partial charge in [0.15, 0.2) is 0 Å². The largest absolute Gasteiger partial charge is 0.466 e. The Balaban J connectivity index is 2.63. The Hall–Kier alpha value is -2.11. The number of hydrogen-bond donors (Lipinski definition) is 2. The molecule has 0 radical (unpaired) electrons. The minimum absolute atomic E-state index is 0.161. The summed E-state index contributed by atoms with van der Waals surface area (Å²) in [5.41, 5.74) is 2.82. The van der Waals surface area contributed by atoms with E-state index in [4.69, 9.17) is 4.74 Å². The molecule has 0 aliphatic heterocycles. The van der Waals surface area contributed by atoms with Crippen molar-refractivity contribution in [2.45, 2.75) is 40.0 Å². The summed E-state index contributed by atoms with van der Waals surface area (Å²) in [5.74, 6) is -0.641. The third-order valence-electron chi connectivity index (χ3n) is 2.87. The van der Waals surface area contributed by atoms with Gasteiger partial charge >= 0.3 is 5.97 Å². The molecule has 1 amide bonds. The predicted octanol–water partition coefficient (Wildman–Crippen LogP) is 1.98. The lowest BCUT2D eigenvalue weighted by molar-refractivity contribution is -0.141. The molecule has 0 aromatic carbocycles. The molecule has 6 nitrogen and oxygen atoms in total. The van der Waals surface area contributed by atoms with Crippen molar-refractivity contribution in [1.29, 1.82) is 0 Å². The van der Waals surface area contributed by atoms with Crippen LogP contribution in [0.15, 0.2) is 12.2 Å². The molecule has 1 heterocycles. The van der Waals surface area contributed by atoms with Crippen molar-refractivity contribution in [1.82, 2.24) is 10.2 Å². The minimum atomic E-state index is -0.366. The first-order valence-electron chi connectivity index (χ1n) is 6.68. The zero-order valence-corrected chi connectivity index (χ0v) is 12.2. The number of nitrogens with one attached hydrogen (secondary N) is 2. The molecule has 2 N–H and O–H groups in total. The molecule has 0 saturated carbocycles. The SMILES string of the molecule is C=C(CCOC(C)=O)C(=O)Nc1c(CC)n[nH]c1CC. The summed E-state index contributed by atoms with van der Waals surface area (Å²) in [6.07, 6.45) is 1.79. The Labute approximate surface area is 118 Å². The highest BCUT2D eigenvalue weighted by Crippen LogP contribution is 2.20. The van der Waals surface area contributed by atoms with Crippen LogP contribution in [0.4, 0.5) is 5.69 Å². The third-order valence-corrected chi connectivity index (χ3v) is 2.87. The van der Waals surface area contributed by atoms with Crippen molar-refractivity contribution in [3.05, 3.63) is 23.5 Å². The molecule has 6 heteroatoms. The number of ether oxygens (including phenoxy) is 1. The number of H-pyrrole nitrogens is 1. The Morgan fingerprint density at radius 1 is 1.35 bits per heavy atom. The first kappa shape index (κ1) is 15.9. The topological polar surface area (TPSA) is 84.1 Å². The summed E-state index contributed by atoms with van der Waals surface area (Å²) < 4.78 is 4.79. The van der Waals surface area contributed by atoms with Gasteiger partial charge in [-0.25, -0.2) is 0 Å². The molecular formula is C14H21N3O3. The number of rotatable bonds is 7. The van der Waals surface area contributed by atoms with Crippen molar-refractivity contribution in [3.63, 3.8) is 0 Å². The van der Waals surface area contributed by atoms with Crippen molar-refractivity contribution in [3.8, 4) is 0 Å². The number of hydrogen-bond acceptors (Lipinski definition) is 4. The van der Waals surface area contributed by atoms with E-state index in [1.54, 1.807) is 0 Å². The Bertz CT molecular complexity index is 484. The summed E-state index contributed by atoms with van der Waals surface area (Å²) >= 11 is 0. The lowest BCUT2D eigenvalue weighted by atomic mass is 10.1. The molecule has 0 fully saturated rings. The van der Waals surface area contributed by atoms with Crippen LogP contribution < -0.4 is 5.32 Å². The predicted molar refractivity (Wildman–Crippen MR) is 76.4 cm³/mol. The second kappa shape index (κ2) is 7.47. The third kappa shape index (κ3) is 4.22. The molecule has 20 heavy (non-hydrogen) atoms. The Morgan fingerprint density at radius 3 is 2.60 bits per heavy atom. The molecule has 0 unspecified atom stereocenters. The second-order valence-electron chi connectivity index (χ2n) is 4.38. The van der Waals surface area contributed by atoms with Gasteiger partial charge in [0.25, 0.3) is 5.91 Å². The maximum Gasteiger partial charge on any atom is 0.302 e. The summed E-state index contributed by atoms with van der Waals surface area (Å²) in [6, 6.07) is 0. The molecule has 0 atom stereocenters. The zero-order valence-electron chi connectivity index (χ0n) is 12.2. The number of aromatic amines is 1. The molecule has 1 rings (SSSR count). The van der Waals surface area contributed by atoms with Gasteiger partial charge in [0.2, 0.25) is 0 Å². The number of anilines is 1. The number of aromatic nitrogens is 2. The van der Waals surface area contributed by atoms with E-state index in [-0.39, 0.29) is 18.5 Å². The normalized spacial score (nSPS) is 10.2. The highest BCUT2D eigenvalue weighted by Gasteiger charge is 2.15. The van der Waals surface area contributed by atoms with Gasteiger partial charge < -0.3 is 10.1 Å². The minimum Gasteiger partial charge on any atom is -0.466 e. The molecule has 0 aliphatic carbocycles. The van der Waals surface area contributed by atoms with E-state index in [2.05, 4.69) is 22.1 Å². The van der Waals surface area contributed by atoms with Gasteiger partial charge in [-0.3, -0.25) is 14.7 Å². The van der Waals surface area contributed by atoms with Crippen molar-refractivity contribution in [2.75, 3.05) is 11.9 Å². The number of carbonyl (C=O) groups excluding carboxylic acids is 2. The summed E-state index contributed by atoms with van der Waals surface area (Å²) in [5, 5.41) is 9.90. The van der Waals surface area contributed by atoms with Crippen LogP contribution in [0.5, 0.6) is 0 Å². The lowest BCUT2D eigenvalue weighted by Gasteiger charge is -2.09. The van der Waals surface area contributed by atoms with Gasteiger partial charge in [0.1, 0.15) is 0 Å². The smallest absolute Gasteiger partial charge is 0.302 e. The average Bonchev–Trinajstić information content (AvgIpc) is 2.80. The van der Waals surface area contributed by atoms with Gasteiger partial charge in [0, 0.05) is 18.9 Å². The number of carbonyl (C=O) groups is 2. The zero-order chi connectivity index (χ0) is 15.1. The molecule has 0 bridgehead atoms. The number of esters is 1. The fraction of sp³-hybridized carbons (Fsp3) is 0.500. The van der Waals surface area contributed by atoms with E-state index < -0.39 is 0 Å². The fourth-order valence-electron chi connectivity index (χ4n) is 1.71. The van der Waals surface area contributed by atoms with Crippen LogP contribution >= 0.6 is 0 Å². The fourth-order valence-corrected chi connectivity index (χ4v) is 1.71. The van der Waals surface area contributed by atoms with E-state index in [0.29, 0.717) is 12.0 Å². The van der Waals surface area contributed by atoms with Gasteiger partial charge in [-0.1, -0.05) is 20.4 Å². The molecule has 0 saturated heterocycles. The average molecular weight is 279 g/mol. The molecule has 1 aromatic rings. The summed E-state index contributed by atoms with van der Waals surface area (Å²) in [6.45, 7) is 9.16. The maximum absolute atomic E-state index is 12.0. The number of nitrogens with zero attached hydrogens (tertiary/aromatic N) is 1. The van der Waals surface area contributed by atoms with Crippen LogP contribution in [0, 0.1) is 0 Å². The van der Waals surface area contributed by atoms with Gasteiger partial charge in [-0.15, -0.1) is 0 Å². The van der Waals surface area contributed by atoms with Gasteiger partial charge in [-0.05, 0) is 12.8 Å². The Morgan fingerprint density at radius 2 is 2.05 bits per heavy atom. The first-order chi connectivity index (χ1) is 9.49. The molecule has 1 aromatic heterocycles. The lowest BCUT2D eigenvalue weighted by Crippen LogP contribution is -2.17. The Kier molecular flexibility index (Phi) is 5.96. The van der Waals surface area contributed by atoms with Crippen molar-refractivity contribution >= 4 is 17.6 Å². The quantitative estimate of drug-likeness (QED) is 0.590. The first-order valence-corrected chi connectivity index (χ1v) is 6.68. The highest BCUT2D eigenvalue weighted by atomic mass is 16.5.